The van der Waals surface area contributed by atoms with Crippen LogP contribution in [0.4, 0.5) is 11.5 Å². The molecule has 0 saturated heterocycles. The van der Waals surface area contributed by atoms with Crippen molar-refractivity contribution in [3.8, 4) is 0 Å². The number of nitrogens with one attached hydrogen (secondary N) is 1. The van der Waals surface area contributed by atoms with E-state index in [0.29, 0.717) is 5.69 Å². The molecule has 0 radical (unpaired) electrons. The predicted molar refractivity (Wildman–Crippen MR) is 70.2 cm³/mol. The zero-order valence-corrected chi connectivity index (χ0v) is 10.7. The highest BCUT2D eigenvalue weighted by molar-refractivity contribution is 6.29. The molecule has 0 aliphatic rings. The summed E-state index contributed by atoms with van der Waals surface area (Å²) in [4.78, 5) is 17.8. The van der Waals surface area contributed by atoms with Crippen LogP contribution >= 0.6 is 11.6 Å². The predicted octanol–water partition coefficient (Wildman–Crippen LogP) is 2.65. The van der Waals surface area contributed by atoms with Crippen LogP contribution in [-0.4, -0.2) is 25.0 Å². The molecule has 0 aromatic carbocycles. The van der Waals surface area contributed by atoms with Crippen LogP contribution in [-0.2, 0) is 0 Å². The topological polar surface area (TPSA) is 58.4 Å². The number of anilines is 2. The number of halogens is 1. The zero-order chi connectivity index (χ0) is 13.1. The van der Waals surface area contributed by atoms with Gasteiger partial charge in [0.15, 0.2) is 11.0 Å². The second-order valence-corrected chi connectivity index (χ2v) is 4.23. The summed E-state index contributed by atoms with van der Waals surface area (Å²) in [6, 6.07) is 6.61. The van der Waals surface area contributed by atoms with Gasteiger partial charge in [0.1, 0.15) is 5.82 Å². The van der Waals surface area contributed by atoms with E-state index >= 15 is 0 Å². The van der Waals surface area contributed by atoms with Crippen molar-refractivity contribution in [2.45, 2.75) is 0 Å². The first-order valence-electron chi connectivity index (χ1n) is 5.26. The fourth-order valence-corrected chi connectivity index (χ4v) is 1.50. The molecule has 0 bridgehead atoms. The van der Waals surface area contributed by atoms with Gasteiger partial charge in [-0.15, -0.1) is 0 Å². The summed E-state index contributed by atoms with van der Waals surface area (Å²) in [5.41, 5.74) is 0.595. The Labute approximate surface area is 109 Å². The summed E-state index contributed by atoms with van der Waals surface area (Å²) >= 11 is 5.60. The standard InChI is InChI=1S/C12H12ClN3O2/c1-16(2)11-6-3-8(7-14-11)15-12(17)9-4-5-10(13)18-9/h3-7H,1-2H3,(H,15,17). The van der Waals surface area contributed by atoms with Gasteiger partial charge in [-0.25, -0.2) is 4.98 Å². The highest BCUT2D eigenvalue weighted by Crippen LogP contribution is 2.16. The van der Waals surface area contributed by atoms with Crippen molar-refractivity contribution in [2.75, 3.05) is 24.3 Å². The fourth-order valence-electron chi connectivity index (χ4n) is 1.35. The van der Waals surface area contributed by atoms with E-state index < -0.39 is 0 Å². The number of nitrogens with zero attached hydrogens (tertiary/aromatic N) is 2. The number of hydrogen-bond acceptors (Lipinski definition) is 4. The van der Waals surface area contributed by atoms with E-state index in [-0.39, 0.29) is 16.9 Å². The number of furan rings is 1. The van der Waals surface area contributed by atoms with Crippen LogP contribution in [0.25, 0.3) is 0 Å². The third-order valence-electron chi connectivity index (χ3n) is 2.26. The molecule has 2 aromatic rings. The number of carbonyl (C=O) groups excluding carboxylic acids is 1. The summed E-state index contributed by atoms with van der Waals surface area (Å²) in [7, 11) is 3.79. The smallest absolute Gasteiger partial charge is 0.291 e. The van der Waals surface area contributed by atoms with Gasteiger partial charge in [0, 0.05) is 14.1 Å². The van der Waals surface area contributed by atoms with Crippen molar-refractivity contribution in [1.82, 2.24) is 4.98 Å². The minimum Gasteiger partial charge on any atom is -0.440 e. The van der Waals surface area contributed by atoms with Crippen molar-refractivity contribution in [3.05, 3.63) is 41.4 Å². The highest BCUT2D eigenvalue weighted by atomic mass is 35.5. The van der Waals surface area contributed by atoms with Crippen LogP contribution < -0.4 is 10.2 Å². The minimum atomic E-state index is -0.360. The highest BCUT2D eigenvalue weighted by Gasteiger charge is 2.10. The average molecular weight is 266 g/mol. The first kappa shape index (κ1) is 12.4. The van der Waals surface area contributed by atoms with Gasteiger partial charge in [-0.3, -0.25) is 4.79 Å². The molecule has 0 saturated carbocycles. The van der Waals surface area contributed by atoms with Crippen molar-refractivity contribution < 1.29 is 9.21 Å². The van der Waals surface area contributed by atoms with E-state index in [1.165, 1.54) is 12.1 Å². The molecule has 2 aromatic heterocycles. The lowest BCUT2D eigenvalue weighted by atomic mass is 10.3. The lowest BCUT2D eigenvalue weighted by molar-refractivity contribution is 0.0996. The molecule has 1 amide bonds. The largest absolute Gasteiger partial charge is 0.440 e. The molecule has 2 rings (SSSR count). The number of rotatable bonds is 3. The first-order chi connectivity index (χ1) is 8.56. The quantitative estimate of drug-likeness (QED) is 0.927. The number of carbonyl (C=O) groups is 1. The van der Waals surface area contributed by atoms with E-state index in [2.05, 4.69) is 10.3 Å². The number of pyridine rings is 1. The Hall–Kier alpha value is -2.01. The van der Waals surface area contributed by atoms with Gasteiger partial charge in [-0.1, -0.05) is 0 Å². The molecule has 2 heterocycles. The van der Waals surface area contributed by atoms with Crippen LogP contribution in [0.1, 0.15) is 10.6 Å². The molecule has 6 heteroatoms. The summed E-state index contributed by atoms with van der Waals surface area (Å²) in [5, 5.41) is 2.85. The maximum atomic E-state index is 11.7. The van der Waals surface area contributed by atoms with Crippen molar-refractivity contribution in [3.63, 3.8) is 0 Å². The second kappa shape index (κ2) is 5.10. The summed E-state index contributed by atoms with van der Waals surface area (Å²) in [6.07, 6.45) is 1.58. The van der Waals surface area contributed by atoms with Gasteiger partial charge in [0.25, 0.3) is 5.91 Å². The van der Waals surface area contributed by atoms with Crippen LogP contribution in [0.15, 0.2) is 34.9 Å². The van der Waals surface area contributed by atoms with Crippen LogP contribution in [0.5, 0.6) is 0 Å². The SMILES string of the molecule is CN(C)c1ccc(NC(=O)c2ccc(Cl)o2)cn1. The Balaban J connectivity index is 2.07. The van der Waals surface area contributed by atoms with Crippen LogP contribution in [0.3, 0.4) is 0 Å². The molecular formula is C12H12ClN3O2. The molecule has 5 nitrogen and oxygen atoms in total. The first-order valence-corrected chi connectivity index (χ1v) is 5.64. The second-order valence-electron chi connectivity index (χ2n) is 3.86. The van der Waals surface area contributed by atoms with Gasteiger partial charge >= 0.3 is 0 Å². The number of amides is 1. The van der Waals surface area contributed by atoms with E-state index in [0.717, 1.165) is 5.82 Å². The number of hydrogen-bond donors (Lipinski definition) is 1. The number of aromatic nitrogens is 1. The Kier molecular flexibility index (Phi) is 3.53. The molecule has 18 heavy (non-hydrogen) atoms. The molecular weight excluding hydrogens is 254 g/mol. The zero-order valence-electron chi connectivity index (χ0n) is 9.98. The molecule has 94 valence electrons. The molecule has 0 aliphatic heterocycles. The molecule has 1 N–H and O–H groups in total. The van der Waals surface area contributed by atoms with Gasteiger partial charge in [0.2, 0.25) is 0 Å². The van der Waals surface area contributed by atoms with E-state index in [9.17, 15) is 4.79 Å². The van der Waals surface area contributed by atoms with E-state index in [1.807, 2.05) is 25.1 Å². The van der Waals surface area contributed by atoms with Crippen LogP contribution in [0.2, 0.25) is 5.22 Å². The molecule has 0 fully saturated rings. The van der Waals surface area contributed by atoms with E-state index in [1.54, 1.807) is 12.3 Å². The monoisotopic (exact) mass is 265 g/mol. The third kappa shape index (κ3) is 2.81. The molecule has 0 aliphatic carbocycles. The van der Waals surface area contributed by atoms with Gasteiger partial charge in [0.05, 0.1) is 11.9 Å². The maximum absolute atomic E-state index is 11.7. The molecule has 0 unspecified atom stereocenters. The molecule has 0 spiro atoms. The fraction of sp³-hybridized carbons (Fsp3) is 0.167. The maximum Gasteiger partial charge on any atom is 0.291 e. The molecule has 0 atom stereocenters. The van der Waals surface area contributed by atoms with Crippen LogP contribution in [0, 0.1) is 0 Å². The minimum absolute atomic E-state index is 0.164. The van der Waals surface area contributed by atoms with Gasteiger partial charge in [-0.05, 0) is 35.9 Å². The van der Waals surface area contributed by atoms with Gasteiger partial charge in [-0.2, -0.15) is 0 Å². The van der Waals surface area contributed by atoms with Gasteiger partial charge < -0.3 is 14.6 Å². The van der Waals surface area contributed by atoms with Crippen molar-refractivity contribution in [2.24, 2.45) is 0 Å². The lowest BCUT2D eigenvalue weighted by Crippen LogP contribution is -2.13. The Morgan fingerprint density at radius 2 is 2.11 bits per heavy atom. The normalized spacial score (nSPS) is 10.2. The summed E-state index contributed by atoms with van der Waals surface area (Å²) in [6.45, 7) is 0. The Morgan fingerprint density at radius 3 is 2.61 bits per heavy atom. The third-order valence-corrected chi connectivity index (χ3v) is 2.46. The van der Waals surface area contributed by atoms with E-state index in [4.69, 9.17) is 16.0 Å². The van der Waals surface area contributed by atoms with Crippen molar-refractivity contribution in [1.29, 1.82) is 0 Å². The average Bonchev–Trinajstić information content (AvgIpc) is 2.76. The Morgan fingerprint density at radius 1 is 1.33 bits per heavy atom. The Bertz CT molecular complexity index is 549. The van der Waals surface area contributed by atoms with Crippen molar-refractivity contribution >= 4 is 29.0 Å². The summed E-state index contributed by atoms with van der Waals surface area (Å²) < 4.78 is 5.00. The lowest BCUT2D eigenvalue weighted by Gasteiger charge is -2.11. The summed E-state index contributed by atoms with van der Waals surface area (Å²) in [5.74, 6) is 0.618.